The van der Waals surface area contributed by atoms with Crippen molar-refractivity contribution in [1.29, 1.82) is 0 Å². The Morgan fingerprint density at radius 3 is 2.54 bits per heavy atom. The molecule has 0 aliphatic carbocycles. The molecule has 2 aromatic rings. The molecule has 0 aromatic heterocycles. The number of carbonyl (C=O) groups excluding carboxylic acids is 3. The van der Waals surface area contributed by atoms with Crippen molar-refractivity contribution in [3.8, 4) is 0 Å². The summed E-state index contributed by atoms with van der Waals surface area (Å²) in [4.78, 5) is 47.0. The molecule has 9 heteroatoms. The second-order valence-corrected chi connectivity index (χ2v) is 6.80. The fourth-order valence-corrected chi connectivity index (χ4v) is 3.28. The Morgan fingerprint density at radius 1 is 1.18 bits per heavy atom. The van der Waals surface area contributed by atoms with E-state index in [1.165, 1.54) is 23.1 Å². The number of anilines is 1. The van der Waals surface area contributed by atoms with Crippen LogP contribution in [0.1, 0.15) is 11.1 Å². The SMILES string of the molecule is O=C(/C=C/c1ccccc1[N+](=O)[O-])Nc1ccc(CN2C(=O)CSC2=O)cc1. The lowest BCUT2D eigenvalue weighted by Gasteiger charge is -2.13. The van der Waals surface area contributed by atoms with Crippen molar-refractivity contribution in [1.82, 2.24) is 4.90 Å². The first-order valence-electron chi connectivity index (χ1n) is 8.22. The van der Waals surface area contributed by atoms with Crippen LogP contribution in [0.2, 0.25) is 0 Å². The molecule has 8 nitrogen and oxygen atoms in total. The first kappa shape index (κ1) is 19.3. The molecular weight excluding hydrogens is 382 g/mol. The molecule has 1 heterocycles. The van der Waals surface area contributed by atoms with Gasteiger partial charge in [0.2, 0.25) is 11.8 Å². The molecule has 3 rings (SSSR count). The maximum Gasteiger partial charge on any atom is 0.289 e. The van der Waals surface area contributed by atoms with Crippen molar-refractivity contribution in [3.05, 3.63) is 75.8 Å². The Kier molecular flexibility index (Phi) is 5.85. The molecule has 0 unspecified atom stereocenters. The molecule has 1 aliphatic rings. The maximum atomic E-state index is 12.0. The van der Waals surface area contributed by atoms with Gasteiger partial charge in [-0.25, -0.2) is 0 Å². The number of para-hydroxylation sites is 1. The Hall–Kier alpha value is -3.46. The van der Waals surface area contributed by atoms with Crippen LogP contribution < -0.4 is 5.32 Å². The number of amides is 3. The third-order valence-electron chi connectivity index (χ3n) is 3.95. The molecule has 0 radical (unpaired) electrons. The van der Waals surface area contributed by atoms with E-state index in [0.29, 0.717) is 11.3 Å². The molecule has 28 heavy (non-hydrogen) atoms. The normalized spacial score (nSPS) is 13.9. The zero-order chi connectivity index (χ0) is 20.1. The van der Waals surface area contributed by atoms with Gasteiger partial charge in [0.15, 0.2) is 0 Å². The summed E-state index contributed by atoms with van der Waals surface area (Å²) in [5.41, 5.74) is 1.53. The Labute approximate surface area is 164 Å². The van der Waals surface area contributed by atoms with E-state index in [4.69, 9.17) is 0 Å². The number of nitrogens with zero attached hydrogens (tertiary/aromatic N) is 2. The van der Waals surface area contributed by atoms with E-state index in [9.17, 15) is 24.5 Å². The third kappa shape index (κ3) is 4.63. The highest BCUT2D eigenvalue weighted by Gasteiger charge is 2.29. The number of hydrogen-bond acceptors (Lipinski definition) is 6. The van der Waals surface area contributed by atoms with Crippen LogP contribution in [0.25, 0.3) is 6.08 Å². The second-order valence-electron chi connectivity index (χ2n) is 5.87. The van der Waals surface area contributed by atoms with E-state index in [2.05, 4.69) is 5.32 Å². The molecule has 2 aromatic carbocycles. The number of nitro groups is 1. The van der Waals surface area contributed by atoms with Crippen molar-refractivity contribution in [2.45, 2.75) is 6.54 Å². The Morgan fingerprint density at radius 2 is 1.89 bits per heavy atom. The quantitative estimate of drug-likeness (QED) is 0.454. The highest BCUT2D eigenvalue weighted by atomic mass is 32.2. The molecule has 1 fully saturated rings. The van der Waals surface area contributed by atoms with Crippen LogP contribution in [-0.4, -0.2) is 32.6 Å². The van der Waals surface area contributed by atoms with Gasteiger partial charge < -0.3 is 5.32 Å². The van der Waals surface area contributed by atoms with Crippen molar-refractivity contribution in [2.75, 3.05) is 11.1 Å². The molecule has 142 valence electrons. The summed E-state index contributed by atoms with van der Waals surface area (Å²) in [5.74, 6) is -0.487. The summed E-state index contributed by atoms with van der Waals surface area (Å²) < 4.78 is 0. The monoisotopic (exact) mass is 397 g/mol. The molecule has 0 bridgehead atoms. The van der Waals surface area contributed by atoms with Crippen LogP contribution in [0.15, 0.2) is 54.6 Å². The Bertz CT molecular complexity index is 956. The predicted molar refractivity (Wildman–Crippen MR) is 106 cm³/mol. The van der Waals surface area contributed by atoms with Crippen LogP contribution in [0.3, 0.4) is 0 Å². The number of rotatable bonds is 6. The van der Waals surface area contributed by atoms with E-state index in [0.717, 1.165) is 17.3 Å². The minimum Gasteiger partial charge on any atom is -0.323 e. The van der Waals surface area contributed by atoms with Gasteiger partial charge in [0.05, 0.1) is 22.8 Å². The fraction of sp³-hybridized carbons (Fsp3) is 0.105. The lowest BCUT2D eigenvalue weighted by Crippen LogP contribution is -2.27. The van der Waals surface area contributed by atoms with Crippen LogP contribution in [-0.2, 0) is 16.1 Å². The van der Waals surface area contributed by atoms with Crippen molar-refractivity contribution >= 4 is 46.3 Å². The van der Waals surface area contributed by atoms with Gasteiger partial charge in [0, 0.05) is 17.8 Å². The first-order valence-corrected chi connectivity index (χ1v) is 9.21. The van der Waals surface area contributed by atoms with Gasteiger partial charge in [-0.3, -0.25) is 29.4 Å². The van der Waals surface area contributed by atoms with E-state index in [1.807, 2.05) is 0 Å². The van der Waals surface area contributed by atoms with Gasteiger partial charge >= 0.3 is 0 Å². The number of nitro benzene ring substituents is 1. The standard InChI is InChI=1S/C19H15N3O5S/c23-17(10-7-14-3-1-2-4-16(14)22(26)27)20-15-8-5-13(6-9-15)11-21-18(24)12-28-19(21)25/h1-10H,11-12H2,(H,20,23)/b10-7+. The zero-order valence-corrected chi connectivity index (χ0v) is 15.3. The molecule has 0 atom stereocenters. The van der Waals surface area contributed by atoms with E-state index >= 15 is 0 Å². The van der Waals surface area contributed by atoms with Gasteiger partial charge in [0.1, 0.15) is 0 Å². The summed E-state index contributed by atoms with van der Waals surface area (Å²) in [5, 5.41) is 13.4. The average molecular weight is 397 g/mol. The summed E-state index contributed by atoms with van der Waals surface area (Å²) in [7, 11) is 0. The fourth-order valence-electron chi connectivity index (χ4n) is 2.55. The number of hydrogen-bond donors (Lipinski definition) is 1. The lowest BCUT2D eigenvalue weighted by molar-refractivity contribution is -0.385. The van der Waals surface area contributed by atoms with Gasteiger partial charge in [0.25, 0.3) is 10.9 Å². The molecule has 1 saturated heterocycles. The highest BCUT2D eigenvalue weighted by molar-refractivity contribution is 8.14. The maximum absolute atomic E-state index is 12.0. The van der Waals surface area contributed by atoms with Gasteiger partial charge in [-0.2, -0.15) is 0 Å². The third-order valence-corrected chi connectivity index (χ3v) is 4.81. The lowest BCUT2D eigenvalue weighted by atomic mass is 10.1. The number of carbonyl (C=O) groups is 3. The van der Waals surface area contributed by atoms with Crippen LogP contribution >= 0.6 is 11.8 Å². The summed E-state index contributed by atoms with van der Waals surface area (Å²) >= 11 is 0.981. The molecule has 0 saturated carbocycles. The minimum absolute atomic E-state index is 0.0833. The predicted octanol–water partition coefficient (Wildman–Crippen LogP) is 3.44. The molecule has 0 spiro atoms. The molecule has 3 amide bonds. The number of nitrogens with one attached hydrogen (secondary N) is 1. The summed E-state index contributed by atoms with van der Waals surface area (Å²) in [6.45, 7) is 0.191. The Balaban J connectivity index is 1.61. The van der Waals surface area contributed by atoms with Crippen LogP contribution in [0, 0.1) is 10.1 Å². The van der Waals surface area contributed by atoms with E-state index in [1.54, 1.807) is 42.5 Å². The highest BCUT2D eigenvalue weighted by Crippen LogP contribution is 2.22. The number of imide groups is 1. The zero-order valence-electron chi connectivity index (χ0n) is 14.5. The van der Waals surface area contributed by atoms with Gasteiger partial charge in [-0.1, -0.05) is 36.0 Å². The molecule has 1 N–H and O–H groups in total. The van der Waals surface area contributed by atoms with E-state index in [-0.39, 0.29) is 29.1 Å². The van der Waals surface area contributed by atoms with E-state index < -0.39 is 10.8 Å². The molecular formula is C19H15N3O5S. The smallest absolute Gasteiger partial charge is 0.289 e. The summed E-state index contributed by atoms with van der Waals surface area (Å²) in [6, 6.07) is 12.9. The largest absolute Gasteiger partial charge is 0.323 e. The van der Waals surface area contributed by atoms with Crippen LogP contribution in [0.4, 0.5) is 16.2 Å². The summed E-state index contributed by atoms with van der Waals surface area (Å²) in [6.07, 6.45) is 2.60. The average Bonchev–Trinajstić information content (AvgIpc) is 3.00. The van der Waals surface area contributed by atoms with Gasteiger partial charge in [-0.05, 0) is 29.8 Å². The minimum atomic E-state index is -0.509. The second kappa shape index (κ2) is 8.49. The van der Waals surface area contributed by atoms with Crippen LogP contribution in [0.5, 0.6) is 0 Å². The first-order chi connectivity index (χ1) is 13.4. The van der Waals surface area contributed by atoms with Crippen molar-refractivity contribution in [2.24, 2.45) is 0 Å². The van der Waals surface area contributed by atoms with Crippen molar-refractivity contribution < 1.29 is 19.3 Å². The number of thioether (sulfide) groups is 1. The number of benzene rings is 2. The topological polar surface area (TPSA) is 110 Å². The van der Waals surface area contributed by atoms with Gasteiger partial charge in [-0.15, -0.1) is 0 Å². The van der Waals surface area contributed by atoms with Crippen molar-refractivity contribution in [3.63, 3.8) is 0 Å². The molecule has 1 aliphatic heterocycles.